The van der Waals surface area contributed by atoms with Crippen molar-refractivity contribution >= 4 is 17.0 Å². The van der Waals surface area contributed by atoms with Gasteiger partial charge < -0.3 is 14.4 Å². The Morgan fingerprint density at radius 1 is 0.955 bits per heavy atom. The molecule has 2 aromatic rings. The lowest BCUT2D eigenvalue weighted by Gasteiger charge is -2.20. The van der Waals surface area contributed by atoms with Gasteiger partial charge in [-0.2, -0.15) is 0 Å². The number of ether oxygens (including phenoxy) is 2. The summed E-state index contributed by atoms with van der Waals surface area (Å²) in [6, 6.07) is 15.1. The van der Waals surface area contributed by atoms with Crippen LogP contribution in [0.25, 0.3) is 0 Å². The average molecular weight is 320 g/mol. The molecule has 4 nitrogen and oxygen atoms in total. The third-order valence-electron chi connectivity index (χ3n) is 3.26. The fourth-order valence-corrected chi connectivity index (χ4v) is 2.28. The molecule has 2 rings (SSSR count). The third-order valence-corrected chi connectivity index (χ3v) is 3.50. The van der Waals surface area contributed by atoms with Crippen molar-refractivity contribution in [2.45, 2.75) is 13.1 Å². The summed E-state index contributed by atoms with van der Waals surface area (Å²) in [5.41, 5.74) is 1.91. The highest BCUT2D eigenvalue weighted by atomic mass is 35.5. The number of methoxy groups -OCH3 is 2. The molecule has 0 aromatic heterocycles. The molecule has 0 saturated heterocycles. The normalized spacial score (nSPS) is 10.1. The van der Waals surface area contributed by atoms with Gasteiger partial charge in [0.05, 0.1) is 14.2 Å². The highest BCUT2D eigenvalue weighted by Gasteiger charge is 2.13. The number of benzene rings is 2. The summed E-state index contributed by atoms with van der Waals surface area (Å²) in [4.78, 5) is 13.3. The monoisotopic (exact) mass is 319 g/mol. The number of rotatable bonds is 6. The average Bonchev–Trinajstić information content (AvgIpc) is 2.54. The number of hydrogen-bond acceptors (Lipinski definition) is 3. The van der Waals surface area contributed by atoms with E-state index in [1.54, 1.807) is 19.1 Å². The molecule has 0 saturated carbocycles. The molecule has 0 unspecified atom stereocenters. The van der Waals surface area contributed by atoms with E-state index in [1.807, 2.05) is 48.5 Å². The standard InChI is InChI=1S/C17H18ClNO3/c1-21-15-7-3-5-13(9-15)11-19(17(18)20)12-14-6-4-8-16(10-14)22-2/h3-10H,11-12H2,1-2H3. The Bertz CT molecular complexity index is 596. The summed E-state index contributed by atoms with van der Waals surface area (Å²) in [6.45, 7) is 0.827. The minimum absolute atomic E-state index is 0.413. The minimum atomic E-state index is -0.495. The number of carbonyl (C=O) groups excluding carboxylic acids is 1. The van der Waals surface area contributed by atoms with E-state index in [9.17, 15) is 4.79 Å². The van der Waals surface area contributed by atoms with Gasteiger partial charge in [-0.15, -0.1) is 0 Å². The van der Waals surface area contributed by atoms with Gasteiger partial charge in [0.15, 0.2) is 0 Å². The zero-order chi connectivity index (χ0) is 15.9. The van der Waals surface area contributed by atoms with Crippen LogP contribution >= 0.6 is 11.6 Å². The maximum atomic E-state index is 11.7. The molecule has 22 heavy (non-hydrogen) atoms. The van der Waals surface area contributed by atoms with Crippen LogP contribution in [0.5, 0.6) is 11.5 Å². The van der Waals surface area contributed by atoms with E-state index >= 15 is 0 Å². The number of hydrogen-bond donors (Lipinski definition) is 0. The lowest BCUT2D eigenvalue weighted by molar-refractivity contribution is 0.216. The zero-order valence-electron chi connectivity index (χ0n) is 12.6. The van der Waals surface area contributed by atoms with Crippen LogP contribution in [0.3, 0.4) is 0 Å². The number of halogens is 1. The van der Waals surface area contributed by atoms with Gasteiger partial charge >= 0.3 is 5.37 Å². The predicted octanol–water partition coefficient (Wildman–Crippen LogP) is 4.06. The van der Waals surface area contributed by atoms with Crippen molar-refractivity contribution in [2.75, 3.05) is 14.2 Å². The maximum Gasteiger partial charge on any atom is 0.316 e. The molecule has 0 aliphatic carbocycles. The van der Waals surface area contributed by atoms with Gasteiger partial charge in [0.25, 0.3) is 0 Å². The molecule has 0 fully saturated rings. The van der Waals surface area contributed by atoms with Gasteiger partial charge in [0, 0.05) is 13.1 Å². The molecule has 0 spiro atoms. The molecule has 116 valence electrons. The van der Waals surface area contributed by atoms with Crippen LogP contribution in [0.4, 0.5) is 4.79 Å². The van der Waals surface area contributed by atoms with Crippen LogP contribution in [-0.2, 0) is 13.1 Å². The van der Waals surface area contributed by atoms with Crippen LogP contribution in [0, 0.1) is 0 Å². The zero-order valence-corrected chi connectivity index (χ0v) is 13.3. The SMILES string of the molecule is COc1cccc(CN(Cc2cccc(OC)c2)C(=O)Cl)c1. The fraction of sp³-hybridized carbons (Fsp3) is 0.235. The molecule has 1 amide bonds. The quantitative estimate of drug-likeness (QED) is 0.595. The Morgan fingerprint density at radius 2 is 1.41 bits per heavy atom. The highest BCUT2D eigenvalue weighted by molar-refractivity contribution is 6.62. The van der Waals surface area contributed by atoms with Crippen LogP contribution in [0.15, 0.2) is 48.5 Å². The van der Waals surface area contributed by atoms with Crippen LogP contribution in [0.2, 0.25) is 0 Å². The lowest BCUT2D eigenvalue weighted by Crippen LogP contribution is -2.25. The van der Waals surface area contributed by atoms with Gasteiger partial charge in [-0.1, -0.05) is 24.3 Å². The smallest absolute Gasteiger partial charge is 0.316 e. The lowest BCUT2D eigenvalue weighted by atomic mass is 10.1. The molecular formula is C17H18ClNO3. The first kappa shape index (κ1) is 16.2. The summed E-state index contributed by atoms with van der Waals surface area (Å²) in [5.74, 6) is 1.50. The molecule has 0 aliphatic heterocycles. The summed E-state index contributed by atoms with van der Waals surface area (Å²) in [7, 11) is 3.22. The Kier molecular flexibility index (Phi) is 5.67. The summed E-state index contributed by atoms with van der Waals surface area (Å²) in [5, 5.41) is -0.495. The summed E-state index contributed by atoms with van der Waals surface area (Å²) >= 11 is 5.72. The largest absolute Gasteiger partial charge is 0.497 e. The van der Waals surface area contributed by atoms with Gasteiger partial charge in [0.2, 0.25) is 0 Å². The van der Waals surface area contributed by atoms with Crippen molar-refractivity contribution in [2.24, 2.45) is 0 Å². The fourth-order valence-electron chi connectivity index (χ4n) is 2.16. The Labute approximate surface area is 135 Å². The predicted molar refractivity (Wildman–Crippen MR) is 86.5 cm³/mol. The Morgan fingerprint density at radius 3 is 1.77 bits per heavy atom. The van der Waals surface area contributed by atoms with Crippen molar-refractivity contribution in [3.8, 4) is 11.5 Å². The number of amides is 1. The second-order valence-electron chi connectivity index (χ2n) is 4.81. The van der Waals surface area contributed by atoms with Gasteiger partial charge in [-0.05, 0) is 47.0 Å². The minimum Gasteiger partial charge on any atom is -0.497 e. The van der Waals surface area contributed by atoms with E-state index in [4.69, 9.17) is 21.1 Å². The molecule has 2 aromatic carbocycles. The van der Waals surface area contributed by atoms with Crippen LogP contribution in [-0.4, -0.2) is 24.5 Å². The van der Waals surface area contributed by atoms with E-state index in [2.05, 4.69) is 0 Å². The third kappa shape index (κ3) is 4.40. The molecule has 5 heteroatoms. The molecule has 0 heterocycles. The van der Waals surface area contributed by atoms with Gasteiger partial charge in [-0.3, -0.25) is 4.79 Å². The van der Waals surface area contributed by atoms with Crippen molar-refractivity contribution in [1.29, 1.82) is 0 Å². The second kappa shape index (κ2) is 7.71. The second-order valence-corrected chi connectivity index (χ2v) is 5.14. The summed E-state index contributed by atoms with van der Waals surface area (Å²) in [6.07, 6.45) is 0. The van der Waals surface area contributed by atoms with E-state index < -0.39 is 5.37 Å². The number of carbonyl (C=O) groups is 1. The number of nitrogens with zero attached hydrogens (tertiary/aromatic N) is 1. The molecule has 0 aliphatic rings. The van der Waals surface area contributed by atoms with Gasteiger partial charge in [-0.25, -0.2) is 0 Å². The Balaban J connectivity index is 2.14. The van der Waals surface area contributed by atoms with Crippen molar-refractivity contribution in [3.05, 3.63) is 59.7 Å². The first-order chi connectivity index (χ1) is 10.6. The van der Waals surface area contributed by atoms with Crippen LogP contribution in [0.1, 0.15) is 11.1 Å². The Hall–Kier alpha value is -2.20. The molecular weight excluding hydrogens is 302 g/mol. The van der Waals surface area contributed by atoms with Crippen molar-refractivity contribution in [1.82, 2.24) is 4.90 Å². The first-order valence-electron chi connectivity index (χ1n) is 6.82. The van der Waals surface area contributed by atoms with E-state index in [0.717, 1.165) is 22.6 Å². The summed E-state index contributed by atoms with van der Waals surface area (Å²) < 4.78 is 10.4. The van der Waals surface area contributed by atoms with E-state index in [-0.39, 0.29) is 0 Å². The molecule has 0 atom stereocenters. The van der Waals surface area contributed by atoms with Crippen molar-refractivity contribution < 1.29 is 14.3 Å². The first-order valence-corrected chi connectivity index (χ1v) is 7.20. The van der Waals surface area contributed by atoms with Crippen molar-refractivity contribution in [3.63, 3.8) is 0 Å². The molecule has 0 N–H and O–H groups in total. The highest BCUT2D eigenvalue weighted by Crippen LogP contribution is 2.19. The topological polar surface area (TPSA) is 38.8 Å². The molecule has 0 bridgehead atoms. The van der Waals surface area contributed by atoms with E-state index in [0.29, 0.717) is 13.1 Å². The van der Waals surface area contributed by atoms with Crippen LogP contribution < -0.4 is 9.47 Å². The maximum absolute atomic E-state index is 11.7. The van der Waals surface area contributed by atoms with Gasteiger partial charge in [0.1, 0.15) is 11.5 Å². The molecule has 0 radical (unpaired) electrons. The van der Waals surface area contributed by atoms with E-state index in [1.165, 1.54) is 0 Å².